The van der Waals surface area contributed by atoms with Crippen LogP contribution in [0.15, 0.2) is 41.7 Å². The summed E-state index contributed by atoms with van der Waals surface area (Å²) < 4.78 is 29.1. The number of nitrogens with zero attached hydrogens (tertiary/aromatic N) is 2. The van der Waals surface area contributed by atoms with Gasteiger partial charge in [-0.3, -0.25) is 4.98 Å². The van der Waals surface area contributed by atoms with Gasteiger partial charge in [-0.2, -0.15) is 0 Å². The molecule has 2 spiro atoms. The summed E-state index contributed by atoms with van der Waals surface area (Å²) in [5.74, 6) is 0.290. The van der Waals surface area contributed by atoms with Crippen LogP contribution in [0.3, 0.4) is 0 Å². The molecule has 2 aliphatic carbocycles. The highest BCUT2D eigenvalue weighted by molar-refractivity contribution is 5.76. The van der Waals surface area contributed by atoms with Gasteiger partial charge in [0.05, 0.1) is 8.85 Å². The van der Waals surface area contributed by atoms with E-state index < -0.39 is 17.5 Å². The van der Waals surface area contributed by atoms with Crippen LogP contribution in [0.5, 0.6) is 0 Å². The zero-order chi connectivity index (χ0) is 22.0. The number of rotatable bonds is 2. The monoisotopic (exact) mass is 393 g/mol. The van der Waals surface area contributed by atoms with Crippen LogP contribution in [0.4, 0.5) is 0 Å². The fraction of sp³-hybridized carbons (Fsp3) is 0.500. The summed E-state index contributed by atoms with van der Waals surface area (Å²) in [5, 5.41) is 0. The first-order valence-electron chi connectivity index (χ1n) is 11.3. The van der Waals surface area contributed by atoms with Crippen molar-refractivity contribution in [3.8, 4) is 11.1 Å². The molecule has 2 N–H and O–H groups in total. The van der Waals surface area contributed by atoms with E-state index in [-0.39, 0.29) is 12.1 Å². The summed E-state index contributed by atoms with van der Waals surface area (Å²) >= 11 is 0. The van der Waals surface area contributed by atoms with Crippen molar-refractivity contribution in [2.45, 2.75) is 51.2 Å². The predicted octanol–water partition coefficient (Wildman–Crippen LogP) is 3.97. The van der Waals surface area contributed by atoms with Crippen LogP contribution in [0.1, 0.15) is 45.6 Å². The van der Waals surface area contributed by atoms with E-state index in [1.54, 1.807) is 7.11 Å². The fourth-order valence-electron chi connectivity index (χ4n) is 5.81. The van der Waals surface area contributed by atoms with E-state index in [0.717, 1.165) is 53.5 Å². The third kappa shape index (κ3) is 2.71. The molecule has 0 amide bonds. The van der Waals surface area contributed by atoms with Crippen LogP contribution in [-0.2, 0) is 21.4 Å². The van der Waals surface area contributed by atoms with Crippen LogP contribution in [0.2, 0.25) is 0 Å². The molecule has 1 saturated carbocycles. The molecule has 0 bridgehead atoms. The first-order chi connectivity index (χ1) is 14.7. The molecule has 1 aliphatic heterocycles. The van der Waals surface area contributed by atoms with Crippen molar-refractivity contribution in [2.24, 2.45) is 22.1 Å². The number of ether oxygens (including phenoxy) is 2. The zero-order valence-corrected chi connectivity index (χ0v) is 17.2. The Hall–Kier alpha value is -2.40. The van der Waals surface area contributed by atoms with Crippen molar-refractivity contribution >= 4 is 6.02 Å². The Morgan fingerprint density at radius 2 is 2.14 bits per heavy atom. The van der Waals surface area contributed by atoms with Crippen LogP contribution < -0.4 is 5.73 Å². The van der Waals surface area contributed by atoms with E-state index in [0.29, 0.717) is 5.92 Å². The van der Waals surface area contributed by atoms with Gasteiger partial charge in [-0.05, 0) is 72.9 Å². The SMILES string of the molecule is [2H]C1([2H])OC(N)=NC12c1cc(-c3cncc(C)c3)ccc1C[C@@]21CC[C@H](OC)[C@@H](C)C1. The van der Waals surface area contributed by atoms with Gasteiger partial charge in [-0.15, -0.1) is 0 Å². The fourth-order valence-corrected chi connectivity index (χ4v) is 5.81. The second kappa shape index (κ2) is 6.56. The molecule has 4 atom stereocenters. The number of hydrogen-bond donors (Lipinski definition) is 1. The van der Waals surface area contributed by atoms with Crippen molar-refractivity contribution in [2.75, 3.05) is 13.7 Å². The number of fused-ring (bicyclic) bond motifs is 3. The molecular weight excluding hydrogens is 362 g/mol. The van der Waals surface area contributed by atoms with E-state index in [1.165, 1.54) is 0 Å². The minimum absolute atomic E-state index is 0.0682. The molecule has 2 aromatic rings. The van der Waals surface area contributed by atoms with Gasteiger partial charge in [-0.1, -0.05) is 19.1 Å². The minimum atomic E-state index is -2.02. The molecule has 1 fully saturated rings. The van der Waals surface area contributed by atoms with Gasteiger partial charge in [0.25, 0.3) is 6.02 Å². The maximum Gasteiger partial charge on any atom is 0.283 e. The highest BCUT2D eigenvalue weighted by Gasteiger charge is 2.62. The Morgan fingerprint density at radius 3 is 2.83 bits per heavy atom. The lowest BCUT2D eigenvalue weighted by molar-refractivity contribution is -0.0445. The van der Waals surface area contributed by atoms with Crippen LogP contribution in [0.25, 0.3) is 11.1 Å². The molecule has 5 heteroatoms. The summed E-state index contributed by atoms with van der Waals surface area (Å²) in [4.78, 5) is 9.10. The normalized spacial score (nSPS) is 35.8. The second-order valence-corrected chi connectivity index (χ2v) is 8.94. The van der Waals surface area contributed by atoms with Crippen molar-refractivity contribution in [3.05, 3.63) is 53.3 Å². The molecule has 2 heterocycles. The largest absolute Gasteiger partial charge is 0.462 e. The Labute approximate surface area is 175 Å². The summed E-state index contributed by atoms with van der Waals surface area (Å²) in [6.45, 7) is 2.18. The van der Waals surface area contributed by atoms with E-state index in [9.17, 15) is 0 Å². The van der Waals surface area contributed by atoms with Crippen molar-refractivity contribution < 1.29 is 12.2 Å². The molecule has 5 rings (SSSR count). The van der Waals surface area contributed by atoms with Gasteiger partial charge in [-0.25, -0.2) is 4.99 Å². The van der Waals surface area contributed by atoms with Crippen molar-refractivity contribution in [1.29, 1.82) is 0 Å². The average molecular weight is 394 g/mol. The number of pyridine rings is 1. The number of aliphatic imine (C=N–C) groups is 1. The summed E-state index contributed by atoms with van der Waals surface area (Å²) in [7, 11) is 1.76. The lowest BCUT2D eigenvalue weighted by Crippen LogP contribution is -2.48. The summed E-state index contributed by atoms with van der Waals surface area (Å²) in [5.41, 5.74) is 9.55. The summed E-state index contributed by atoms with van der Waals surface area (Å²) in [6, 6.07) is 8.33. The third-order valence-electron chi connectivity index (χ3n) is 7.14. The number of amidine groups is 1. The van der Waals surface area contributed by atoms with Gasteiger partial charge in [0.2, 0.25) is 0 Å². The Kier molecular flexibility index (Phi) is 3.71. The number of benzene rings is 1. The first kappa shape index (κ1) is 16.4. The molecule has 0 radical (unpaired) electrons. The van der Waals surface area contributed by atoms with E-state index in [4.69, 9.17) is 22.9 Å². The molecule has 3 aliphatic rings. The van der Waals surface area contributed by atoms with Crippen molar-refractivity contribution in [3.63, 3.8) is 0 Å². The Balaban J connectivity index is 1.70. The third-order valence-corrected chi connectivity index (χ3v) is 7.14. The lowest BCUT2D eigenvalue weighted by Gasteiger charge is -2.47. The molecule has 5 nitrogen and oxygen atoms in total. The average Bonchev–Trinajstić information content (AvgIpc) is 3.12. The first-order valence-corrected chi connectivity index (χ1v) is 10.3. The van der Waals surface area contributed by atoms with Gasteiger partial charge in [0.15, 0.2) is 0 Å². The minimum Gasteiger partial charge on any atom is -0.462 e. The second-order valence-electron chi connectivity index (χ2n) is 8.94. The summed E-state index contributed by atoms with van der Waals surface area (Å²) in [6.07, 6.45) is 7.09. The zero-order valence-electron chi connectivity index (χ0n) is 19.2. The smallest absolute Gasteiger partial charge is 0.283 e. The predicted molar refractivity (Wildman–Crippen MR) is 114 cm³/mol. The molecule has 1 aromatic heterocycles. The molecule has 1 unspecified atom stereocenters. The van der Waals surface area contributed by atoms with Gasteiger partial charge in [0.1, 0.15) is 12.1 Å². The lowest BCUT2D eigenvalue weighted by atomic mass is 9.59. The molecule has 0 saturated heterocycles. The number of aromatic nitrogens is 1. The standard InChI is InChI=1S/C24H29N3O2/c1-15-8-19(13-26-12-15)17-4-5-18-11-23(7-6-21(28-3)16(2)10-23)24(20(18)9-17)14-29-22(25)27-24/h4-5,8-9,12-13,16,21H,6-7,10-11,14H2,1-3H3,(H2,25,27)/t16-,21-,23-,24?/m0/s1/i14D2. The highest BCUT2D eigenvalue weighted by atomic mass is 16.5. The molecule has 152 valence electrons. The number of methoxy groups -OCH3 is 1. The van der Waals surface area contributed by atoms with Crippen LogP contribution in [-0.4, -0.2) is 30.8 Å². The Morgan fingerprint density at radius 1 is 1.28 bits per heavy atom. The van der Waals surface area contributed by atoms with Crippen LogP contribution >= 0.6 is 0 Å². The number of hydrogen-bond acceptors (Lipinski definition) is 5. The van der Waals surface area contributed by atoms with Crippen LogP contribution in [0, 0.1) is 18.3 Å². The molecule has 1 aromatic carbocycles. The topological polar surface area (TPSA) is 69.7 Å². The maximum atomic E-state index is 8.93. The number of aryl methyl sites for hydroxylation is 1. The number of nitrogens with two attached hydrogens (primary N) is 1. The van der Waals surface area contributed by atoms with E-state index in [1.807, 2.05) is 19.3 Å². The maximum absolute atomic E-state index is 8.93. The molecule has 29 heavy (non-hydrogen) atoms. The van der Waals surface area contributed by atoms with Gasteiger partial charge < -0.3 is 15.2 Å². The van der Waals surface area contributed by atoms with E-state index in [2.05, 4.69) is 36.2 Å². The van der Waals surface area contributed by atoms with E-state index >= 15 is 0 Å². The Bertz CT molecular complexity index is 1070. The van der Waals surface area contributed by atoms with Gasteiger partial charge in [0, 0.05) is 30.5 Å². The quantitative estimate of drug-likeness (QED) is 0.838. The van der Waals surface area contributed by atoms with Gasteiger partial charge >= 0.3 is 0 Å². The highest BCUT2D eigenvalue weighted by Crippen LogP contribution is 2.62. The molecular formula is C24H29N3O2. The van der Waals surface area contributed by atoms with Crippen molar-refractivity contribution in [1.82, 2.24) is 4.98 Å².